The van der Waals surface area contributed by atoms with Gasteiger partial charge in [-0.15, -0.1) is 0 Å². The number of aromatic carboxylic acids is 1. The lowest BCUT2D eigenvalue weighted by Gasteiger charge is -2.16. The molecule has 5 nitrogen and oxygen atoms in total. The molecule has 0 saturated heterocycles. The van der Waals surface area contributed by atoms with Crippen LogP contribution in [0.15, 0.2) is 46.9 Å². The van der Waals surface area contributed by atoms with Crippen LogP contribution in [0.4, 0.5) is 5.69 Å². The van der Waals surface area contributed by atoms with Gasteiger partial charge in [0, 0.05) is 4.47 Å². The van der Waals surface area contributed by atoms with Gasteiger partial charge in [-0.2, -0.15) is 0 Å². The molecule has 0 aromatic heterocycles. The predicted octanol–water partition coefficient (Wildman–Crippen LogP) is 2.88. The second kappa shape index (κ2) is 5.38. The highest BCUT2D eigenvalue weighted by atomic mass is 79.9. The van der Waals surface area contributed by atoms with Gasteiger partial charge in [0.05, 0.1) is 23.4 Å². The molecule has 0 spiro atoms. The number of Topliss-reactive ketones (excluding diaryl/α,β-unsaturated/α-hetero) is 1. The van der Waals surface area contributed by atoms with Crippen LogP contribution in [0.2, 0.25) is 0 Å². The van der Waals surface area contributed by atoms with Crippen molar-refractivity contribution >= 4 is 39.3 Å². The molecule has 0 atom stereocenters. The molecule has 2 aromatic carbocycles. The number of ketones is 1. The number of benzene rings is 2. The van der Waals surface area contributed by atoms with Gasteiger partial charge >= 0.3 is 5.97 Å². The minimum atomic E-state index is -1.03. The third kappa shape index (κ3) is 2.42. The number of carboxylic acids is 1. The molecule has 2 aromatic rings. The smallest absolute Gasteiger partial charge is 0.335 e. The standard InChI is InChI=1S/C16H10BrNO4/c17-11-4-5-13-12(7-11)14(19)15(20)18(13)8-9-2-1-3-10(6-9)16(21)22/h1-7H,8H2,(H,21,22). The van der Waals surface area contributed by atoms with E-state index in [0.29, 0.717) is 16.8 Å². The Kier molecular flexibility index (Phi) is 3.54. The van der Waals surface area contributed by atoms with Crippen LogP contribution in [0, 0.1) is 0 Å². The van der Waals surface area contributed by atoms with Crippen molar-refractivity contribution in [1.82, 2.24) is 0 Å². The maximum atomic E-state index is 12.1. The number of fused-ring (bicyclic) bond motifs is 1. The lowest BCUT2D eigenvalue weighted by atomic mass is 10.1. The van der Waals surface area contributed by atoms with Crippen LogP contribution < -0.4 is 4.90 Å². The molecule has 3 rings (SSSR count). The minimum Gasteiger partial charge on any atom is -0.478 e. The van der Waals surface area contributed by atoms with Gasteiger partial charge < -0.3 is 10.0 Å². The first kappa shape index (κ1) is 14.5. The molecule has 1 aliphatic heterocycles. The predicted molar refractivity (Wildman–Crippen MR) is 83.1 cm³/mol. The second-order valence-corrected chi connectivity index (χ2v) is 5.80. The summed E-state index contributed by atoms with van der Waals surface area (Å²) >= 11 is 3.28. The molecule has 0 unspecified atom stereocenters. The van der Waals surface area contributed by atoms with Gasteiger partial charge in [0.1, 0.15) is 0 Å². The zero-order chi connectivity index (χ0) is 15.9. The molecule has 6 heteroatoms. The van der Waals surface area contributed by atoms with E-state index in [9.17, 15) is 14.4 Å². The summed E-state index contributed by atoms with van der Waals surface area (Å²) in [5.74, 6) is -2.19. The average Bonchev–Trinajstić information content (AvgIpc) is 2.72. The lowest BCUT2D eigenvalue weighted by molar-refractivity contribution is -0.114. The summed E-state index contributed by atoms with van der Waals surface area (Å²) < 4.78 is 0.724. The third-order valence-electron chi connectivity index (χ3n) is 3.45. The molecule has 0 bridgehead atoms. The Morgan fingerprint density at radius 1 is 1.14 bits per heavy atom. The highest BCUT2D eigenvalue weighted by Gasteiger charge is 2.35. The van der Waals surface area contributed by atoms with Crippen LogP contribution in [0.3, 0.4) is 0 Å². The lowest BCUT2D eigenvalue weighted by Crippen LogP contribution is -2.29. The number of halogens is 1. The fraction of sp³-hybridized carbons (Fsp3) is 0.0625. The first-order valence-electron chi connectivity index (χ1n) is 6.45. The van der Waals surface area contributed by atoms with E-state index in [1.807, 2.05) is 0 Å². The fourth-order valence-electron chi connectivity index (χ4n) is 2.41. The van der Waals surface area contributed by atoms with Crippen molar-refractivity contribution in [3.05, 3.63) is 63.6 Å². The zero-order valence-electron chi connectivity index (χ0n) is 11.2. The Hall–Kier alpha value is -2.47. The molecule has 1 aliphatic rings. The first-order valence-corrected chi connectivity index (χ1v) is 7.24. The Morgan fingerprint density at radius 2 is 1.91 bits per heavy atom. The summed E-state index contributed by atoms with van der Waals surface area (Å²) in [6.45, 7) is 0.153. The van der Waals surface area contributed by atoms with E-state index >= 15 is 0 Å². The molecule has 0 fully saturated rings. The van der Waals surface area contributed by atoms with Crippen LogP contribution in [0.5, 0.6) is 0 Å². The Labute approximate surface area is 134 Å². The van der Waals surface area contributed by atoms with Crippen molar-refractivity contribution in [1.29, 1.82) is 0 Å². The van der Waals surface area contributed by atoms with E-state index in [0.717, 1.165) is 4.47 Å². The highest BCUT2D eigenvalue weighted by molar-refractivity contribution is 9.10. The fourth-order valence-corrected chi connectivity index (χ4v) is 2.78. The number of hydrogen-bond donors (Lipinski definition) is 1. The first-order chi connectivity index (χ1) is 10.5. The Bertz CT molecular complexity index is 816. The Morgan fingerprint density at radius 3 is 2.64 bits per heavy atom. The molecular formula is C16H10BrNO4. The van der Waals surface area contributed by atoms with E-state index in [4.69, 9.17) is 5.11 Å². The normalized spacial score (nSPS) is 13.4. The number of amides is 1. The van der Waals surface area contributed by atoms with Crippen molar-refractivity contribution < 1.29 is 19.5 Å². The van der Waals surface area contributed by atoms with Crippen molar-refractivity contribution in [2.45, 2.75) is 6.54 Å². The number of hydrogen-bond acceptors (Lipinski definition) is 3. The molecule has 22 heavy (non-hydrogen) atoms. The number of carboxylic acid groups (broad SMARTS) is 1. The summed E-state index contributed by atoms with van der Waals surface area (Å²) in [4.78, 5) is 36.5. The summed E-state index contributed by atoms with van der Waals surface area (Å²) in [7, 11) is 0. The van der Waals surface area contributed by atoms with E-state index in [-0.39, 0.29) is 12.1 Å². The van der Waals surface area contributed by atoms with Crippen molar-refractivity contribution in [2.75, 3.05) is 4.90 Å². The molecule has 0 radical (unpaired) electrons. The summed E-state index contributed by atoms with van der Waals surface area (Å²) in [5, 5.41) is 9.01. The number of carbonyl (C=O) groups is 3. The molecule has 110 valence electrons. The maximum Gasteiger partial charge on any atom is 0.335 e. The molecule has 0 aliphatic carbocycles. The molecule has 1 N–H and O–H groups in total. The second-order valence-electron chi connectivity index (χ2n) is 4.89. The van der Waals surface area contributed by atoms with Gasteiger partial charge in [-0.25, -0.2) is 4.79 Å². The SMILES string of the molecule is O=C(O)c1cccc(CN2C(=O)C(=O)c3cc(Br)ccc32)c1. The monoisotopic (exact) mass is 359 g/mol. The van der Waals surface area contributed by atoms with Crippen LogP contribution in [0.25, 0.3) is 0 Å². The van der Waals surface area contributed by atoms with Crippen molar-refractivity contribution in [3.8, 4) is 0 Å². The third-order valence-corrected chi connectivity index (χ3v) is 3.94. The molecule has 0 saturated carbocycles. The van der Waals surface area contributed by atoms with Gasteiger partial charge in [-0.3, -0.25) is 9.59 Å². The number of carbonyl (C=O) groups excluding carboxylic acids is 2. The van der Waals surface area contributed by atoms with Crippen LogP contribution >= 0.6 is 15.9 Å². The summed E-state index contributed by atoms with van der Waals surface area (Å²) in [5.41, 5.74) is 1.69. The zero-order valence-corrected chi connectivity index (χ0v) is 12.8. The molecule has 1 amide bonds. The van der Waals surface area contributed by atoms with Gasteiger partial charge in [0.25, 0.3) is 11.7 Å². The number of nitrogens with zero attached hydrogens (tertiary/aromatic N) is 1. The van der Waals surface area contributed by atoms with Gasteiger partial charge in [-0.1, -0.05) is 28.1 Å². The highest BCUT2D eigenvalue weighted by Crippen LogP contribution is 2.32. The van der Waals surface area contributed by atoms with Crippen molar-refractivity contribution in [2.24, 2.45) is 0 Å². The maximum absolute atomic E-state index is 12.1. The topological polar surface area (TPSA) is 74.7 Å². The van der Waals surface area contributed by atoms with E-state index < -0.39 is 17.7 Å². The average molecular weight is 360 g/mol. The summed E-state index contributed by atoms with van der Waals surface area (Å²) in [6.07, 6.45) is 0. The van der Waals surface area contributed by atoms with Crippen LogP contribution in [-0.4, -0.2) is 22.8 Å². The van der Waals surface area contributed by atoms with Gasteiger partial charge in [-0.05, 0) is 35.9 Å². The van der Waals surface area contributed by atoms with E-state index in [1.54, 1.807) is 30.3 Å². The molecular weight excluding hydrogens is 350 g/mol. The van der Waals surface area contributed by atoms with E-state index in [2.05, 4.69) is 15.9 Å². The number of anilines is 1. The van der Waals surface area contributed by atoms with E-state index in [1.165, 1.54) is 17.0 Å². The largest absolute Gasteiger partial charge is 0.478 e. The minimum absolute atomic E-state index is 0.145. The van der Waals surface area contributed by atoms with Crippen molar-refractivity contribution in [3.63, 3.8) is 0 Å². The quantitative estimate of drug-likeness (QED) is 0.855. The van der Waals surface area contributed by atoms with Crippen LogP contribution in [0.1, 0.15) is 26.3 Å². The molecule has 1 heterocycles. The Balaban J connectivity index is 1.97. The van der Waals surface area contributed by atoms with Gasteiger partial charge in [0.15, 0.2) is 0 Å². The summed E-state index contributed by atoms with van der Waals surface area (Å²) in [6, 6.07) is 11.4. The number of rotatable bonds is 3. The van der Waals surface area contributed by atoms with Crippen LogP contribution in [-0.2, 0) is 11.3 Å². The van der Waals surface area contributed by atoms with Gasteiger partial charge in [0.2, 0.25) is 0 Å².